The van der Waals surface area contributed by atoms with Crippen LogP contribution in [0.15, 0.2) is 0 Å². The standard InChI is InChI=1S/C19H29ClN4O3/c1-12(2)22-19(26)27-17-8-13-6-16(7-14(13)9-17)24(20)11-18(25)23-5-3-4-15(23)10-21/h12-17H,3-9,11H2,1-2H3,(H,22,26)/t13-,14+,15-,16?,17?/m0/s1. The van der Waals surface area contributed by atoms with Crippen molar-refractivity contribution in [3.8, 4) is 6.07 Å². The third kappa shape index (κ3) is 4.85. The average molecular weight is 397 g/mol. The summed E-state index contributed by atoms with van der Waals surface area (Å²) in [5.74, 6) is 0.918. The van der Waals surface area contributed by atoms with Crippen LogP contribution < -0.4 is 5.32 Å². The molecule has 3 rings (SSSR count). The molecule has 2 saturated carbocycles. The van der Waals surface area contributed by atoms with Gasteiger partial charge in [0.1, 0.15) is 12.1 Å². The Morgan fingerprint density at radius 2 is 1.96 bits per heavy atom. The van der Waals surface area contributed by atoms with Gasteiger partial charge in [-0.1, -0.05) is 0 Å². The second kappa shape index (κ2) is 8.66. The minimum absolute atomic E-state index is 0.0221. The third-order valence-corrected chi connectivity index (χ3v) is 6.43. The molecular formula is C19H29ClN4O3. The van der Waals surface area contributed by atoms with E-state index in [1.807, 2.05) is 13.8 Å². The van der Waals surface area contributed by atoms with Crippen LogP contribution in [0.5, 0.6) is 0 Å². The number of hydrogen-bond acceptors (Lipinski definition) is 5. The molecule has 1 saturated heterocycles. The van der Waals surface area contributed by atoms with E-state index in [1.54, 1.807) is 9.32 Å². The smallest absolute Gasteiger partial charge is 0.407 e. The maximum absolute atomic E-state index is 12.5. The van der Waals surface area contributed by atoms with E-state index in [1.165, 1.54) is 0 Å². The number of amides is 2. The van der Waals surface area contributed by atoms with Crippen molar-refractivity contribution in [2.45, 2.75) is 76.6 Å². The molecule has 2 aliphatic carbocycles. The Morgan fingerprint density at radius 1 is 1.30 bits per heavy atom. The number of hydrogen-bond donors (Lipinski definition) is 1. The minimum atomic E-state index is -0.339. The molecule has 2 amide bonds. The highest BCUT2D eigenvalue weighted by Gasteiger charge is 2.45. The average Bonchev–Trinajstić information content (AvgIpc) is 3.27. The minimum Gasteiger partial charge on any atom is -0.446 e. The number of halogens is 1. The summed E-state index contributed by atoms with van der Waals surface area (Å²) < 4.78 is 7.16. The Labute approximate surface area is 166 Å². The first kappa shape index (κ1) is 20.2. The molecular weight excluding hydrogens is 368 g/mol. The summed E-state index contributed by atoms with van der Waals surface area (Å²) in [4.78, 5) is 25.9. The number of nitrogens with one attached hydrogen (secondary N) is 1. The van der Waals surface area contributed by atoms with E-state index < -0.39 is 0 Å². The van der Waals surface area contributed by atoms with E-state index in [0.717, 1.165) is 38.5 Å². The highest BCUT2D eigenvalue weighted by atomic mass is 35.5. The van der Waals surface area contributed by atoms with Gasteiger partial charge in [0, 0.05) is 18.6 Å². The van der Waals surface area contributed by atoms with Crippen LogP contribution >= 0.6 is 11.8 Å². The molecule has 3 aliphatic rings. The van der Waals surface area contributed by atoms with E-state index in [4.69, 9.17) is 21.8 Å². The van der Waals surface area contributed by atoms with Crippen LogP contribution in [0.4, 0.5) is 4.79 Å². The molecule has 27 heavy (non-hydrogen) atoms. The Morgan fingerprint density at radius 3 is 2.56 bits per heavy atom. The summed E-state index contributed by atoms with van der Waals surface area (Å²) >= 11 is 6.45. The van der Waals surface area contributed by atoms with Gasteiger partial charge in [0.2, 0.25) is 5.91 Å². The number of rotatable bonds is 5. The molecule has 150 valence electrons. The molecule has 1 heterocycles. The summed E-state index contributed by atoms with van der Waals surface area (Å²) in [5, 5.41) is 11.9. The summed E-state index contributed by atoms with van der Waals surface area (Å²) in [6.45, 7) is 4.62. The molecule has 0 aromatic rings. The lowest BCUT2D eigenvalue weighted by Gasteiger charge is -2.26. The first-order chi connectivity index (χ1) is 12.9. The lowest BCUT2D eigenvalue weighted by molar-refractivity contribution is -0.131. The molecule has 0 aromatic carbocycles. The van der Waals surface area contributed by atoms with Gasteiger partial charge in [0.15, 0.2) is 0 Å². The van der Waals surface area contributed by atoms with Gasteiger partial charge in [-0.05, 0) is 76.0 Å². The maximum Gasteiger partial charge on any atom is 0.407 e. The summed E-state index contributed by atoms with van der Waals surface area (Å²) in [7, 11) is 0. The predicted octanol–water partition coefficient (Wildman–Crippen LogP) is 2.65. The van der Waals surface area contributed by atoms with Crippen molar-refractivity contribution in [2.75, 3.05) is 13.1 Å². The van der Waals surface area contributed by atoms with E-state index in [0.29, 0.717) is 18.4 Å². The van der Waals surface area contributed by atoms with Gasteiger partial charge in [0.05, 0.1) is 12.6 Å². The van der Waals surface area contributed by atoms with Gasteiger partial charge in [0.25, 0.3) is 0 Å². The van der Waals surface area contributed by atoms with Crippen molar-refractivity contribution in [1.82, 2.24) is 14.6 Å². The first-order valence-electron chi connectivity index (χ1n) is 9.96. The Kier molecular flexibility index (Phi) is 6.48. The molecule has 1 aliphatic heterocycles. The fourth-order valence-electron chi connectivity index (χ4n) is 4.82. The zero-order chi connectivity index (χ0) is 19.6. The van der Waals surface area contributed by atoms with Crippen molar-refractivity contribution >= 4 is 23.8 Å². The van der Waals surface area contributed by atoms with Crippen LogP contribution in [-0.2, 0) is 9.53 Å². The Bertz CT molecular complexity index is 594. The number of nitrogens with zero attached hydrogens (tertiary/aromatic N) is 3. The largest absolute Gasteiger partial charge is 0.446 e. The summed E-state index contributed by atoms with van der Waals surface area (Å²) in [6, 6.07) is 2.13. The molecule has 1 N–H and O–H groups in total. The van der Waals surface area contributed by atoms with Gasteiger partial charge in [-0.3, -0.25) is 4.79 Å². The quantitative estimate of drug-likeness (QED) is 0.722. The lowest BCUT2D eigenvalue weighted by Crippen LogP contribution is -2.42. The van der Waals surface area contributed by atoms with Crippen molar-refractivity contribution < 1.29 is 14.3 Å². The van der Waals surface area contributed by atoms with Crippen LogP contribution in [0.1, 0.15) is 52.4 Å². The molecule has 5 atom stereocenters. The number of carbonyl (C=O) groups excluding carboxylic acids is 2. The van der Waals surface area contributed by atoms with Crippen LogP contribution in [0.3, 0.4) is 0 Å². The molecule has 0 radical (unpaired) electrons. The summed E-state index contributed by atoms with van der Waals surface area (Å²) in [6.07, 6.45) is 4.86. The highest BCUT2D eigenvalue weighted by Crippen LogP contribution is 2.47. The van der Waals surface area contributed by atoms with Gasteiger partial charge in [-0.2, -0.15) is 5.26 Å². The molecule has 0 aromatic heterocycles. The summed E-state index contributed by atoms with van der Waals surface area (Å²) in [5.41, 5.74) is 0. The molecule has 0 spiro atoms. The van der Waals surface area contributed by atoms with E-state index in [2.05, 4.69) is 11.4 Å². The number of ether oxygens (including phenoxy) is 1. The van der Waals surface area contributed by atoms with Gasteiger partial charge in [-0.15, -0.1) is 0 Å². The second-order valence-electron chi connectivity index (χ2n) is 8.38. The molecule has 0 bridgehead atoms. The van der Waals surface area contributed by atoms with Crippen LogP contribution in [-0.4, -0.2) is 58.6 Å². The zero-order valence-corrected chi connectivity index (χ0v) is 16.8. The Balaban J connectivity index is 1.44. The molecule has 2 unspecified atom stereocenters. The van der Waals surface area contributed by atoms with Crippen molar-refractivity contribution in [3.05, 3.63) is 0 Å². The maximum atomic E-state index is 12.5. The second-order valence-corrected chi connectivity index (χ2v) is 8.81. The van der Waals surface area contributed by atoms with Crippen LogP contribution in [0, 0.1) is 23.2 Å². The SMILES string of the molecule is CC(C)NC(=O)OC1C[C@@H]2CC(N(Cl)CC(=O)N3CCC[C@H]3C#N)C[C@@H]2C1. The third-order valence-electron chi connectivity index (χ3n) is 6.03. The normalized spacial score (nSPS) is 32.6. The van der Waals surface area contributed by atoms with Crippen molar-refractivity contribution in [3.63, 3.8) is 0 Å². The Hall–Kier alpha value is -1.52. The molecule has 8 heteroatoms. The fourth-order valence-corrected chi connectivity index (χ4v) is 5.09. The van der Waals surface area contributed by atoms with E-state index in [-0.39, 0.29) is 42.8 Å². The highest BCUT2D eigenvalue weighted by molar-refractivity contribution is 6.14. The van der Waals surface area contributed by atoms with Gasteiger partial charge >= 0.3 is 6.09 Å². The first-order valence-corrected chi connectivity index (χ1v) is 10.3. The van der Waals surface area contributed by atoms with Crippen molar-refractivity contribution in [2.24, 2.45) is 11.8 Å². The lowest BCUT2D eigenvalue weighted by atomic mass is 10.0. The number of nitriles is 1. The molecule has 7 nitrogen and oxygen atoms in total. The number of carbonyl (C=O) groups is 2. The zero-order valence-electron chi connectivity index (χ0n) is 16.1. The van der Waals surface area contributed by atoms with E-state index in [9.17, 15) is 9.59 Å². The van der Waals surface area contributed by atoms with Crippen molar-refractivity contribution in [1.29, 1.82) is 5.26 Å². The van der Waals surface area contributed by atoms with Crippen LogP contribution in [0.25, 0.3) is 0 Å². The topological polar surface area (TPSA) is 85.7 Å². The predicted molar refractivity (Wildman–Crippen MR) is 101 cm³/mol. The number of fused-ring (bicyclic) bond motifs is 1. The van der Waals surface area contributed by atoms with E-state index >= 15 is 0 Å². The number of likely N-dealkylation sites (tertiary alicyclic amines) is 1. The molecule has 3 fully saturated rings. The van der Waals surface area contributed by atoms with Crippen LogP contribution in [0.2, 0.25) is 0 Å². The fraction of sp³-hybridized carbons (Fsp3) is 0.842. The van der Waals surface area contributed by atoms with Gasteiger partial charge in [-0.25, -0.2) is 9.21 Å². The van der Waals surface area contributed by atoms with Gasteiger partial charge < -0.3 is 15.0 Å². The monoisotopic (exact) mass is 396 g/mol. The number of alkyl carbamates (subject to hydrolysis) is 1.